The first-order chi connectivity index (χ1) is 12.6. The zero-order chi connectivity index (χ0) is 18.4. The average Bonchev–Trinajstić information content (AvgIpc) is 2.69. The van der Waals surface area contributed by atoms with Crippen molar-refractivity contribution in [2.24, 2.45) is 0 Å². The van der Waals surface area contributed by atoms with Gasteiger partial charge in [0.15, 0.2) is 6.10 Å². The lowest BCUT2D eigenvalue weighted by Gasteiger charge is -2.28. The molecule has 1 N–H and O–H groups in total. The van der Waals surface area contributed by atoms with Gasteiger partial charge in [0, 0.05) is 25.3 Å². The van der Waals surface area contributed by atoms with Gasteiger partial charge < -0.3 is 19.7 Å². The number of rotatable bonds is 6. The maximum absolute atomic E-state index is 12.2. The lowest BCUT2D eigenvalue weighted by molar-refractivity contribution is -0.127. The second-order valence-electron chi connectivity index (χ2n) is 6.56. The number of amides is 1. The molecular weight excluding hydrogens is 328 g/mol. The molecule has 2 aromatic carbocycles. The predicted molar refractivity (Wildman–Crippen MR) is 103 cm³/mol. The molecule has 1 amide bonds. The fourth-order valence-electron chi connectivity index (χ4n) is 2.85. The summed E-state index contributed by atoms with van der Waals surface area (Å²) in [5.74, 6) is 0.580. The van der Waals surface area contributed by atoms with Crippen LogP contribution in [0.3, 0.4) is 0 Å². The maximum Gasteiger partial charge on any atom is 0.261 e. The van der Waals surface area contributed by atoms with E-state index in [0.717, 1.165) is 37.4 Å². The minimum atomic E-state index is -0.537. The Labute approximate surface area is 154 Å². The fraction of sp³-hybridized carbons (Fsp3) is 0.381. The van der Waals surface area contributed by atoms with Crippen LogP contribution < -0.4 is 15.0 Å². The molecule has 26 heavy (non-hydrogen) atoms. The number of aryl methyl sites for hydroxylation is 1. The van der Waals surface area contributed by atoms with Gasteiger partial charge in [-0.05, 0) is 43.7 Å². The van der Waals surface area contributed by atoms with Gasteiger partial charge in [0.1, 0.15) is 5.75 Å². The molecule has 0 spiro atoms. The van der Waals surface area contributed by atoms with Crippen molar-refractivity contribution >= 4 is 11.6 Å². The number of hydrogen-bond donors (Lipinski definition) is 1. The summed E-state index contributed by atoms with van der Waals surface area (Å²) >= 11 is 0. The Bertz CT molecular complexity index is 707. The van der Waals surface area contributed by atoms with E-state index < -0.39 is 6.10 Å². The number of benzene rings is 2. The summed E-state index contributed by atoms with van der Waals surface area (Å²) in [7, 11) is 0. The highest BCUT2D eigenvalue weighted by molar-refractivity contribution is 5.80. The zero-order valence-corrected chi connectivity index (χ0v) is 15.4. The second kappa shape index (κ2) is 8.72. The molecule has 5 heteroatoms. The lowest BCUT2D eigenvalue weighted by Crippen LogP contribution is -2.36. The predicted octanol–water partition coefficient (Wildman–Crippen LogP) is 2.92. The highest BCUT2D eigenvalue weighted by atomic mass is 16.5. The van der Waals surface area contributed by atoms with E-state index in [9.17, 15) is 4.79 Å². The first-order valence-corrected chi connectivity index (χ1v) is 9.04. The van der Waals surface area contributed by atoms with Gasteiger partial charge in [0.25, 0.3) is 5.91 Å². The number of morpholine rings is 1. The van der Waals surface area contributed by atoms with Crippen molar-refractivity contribution < 1.29 is 14.3 Å². The molecule has 1 fully saturated rings. The van der Waals surface area contributed by atoms with Gasteiger partial charge in [-0.15, -0.1) is 0 Å². The van der Waals surface area contributed by atoms with E-state index in [1.54, 1.807) is 6.92 Å². The summed E-state index contributed by atoms with van der Waals surface area (Å²) in [5, 5.41) is 2.93. The summed E-state index contributed by atoms with van der Waals surface area (Å²) in [6.45, 7) is 7.66. The number of anilines is 1. The molecule has 1 aliphatic rings. The smallest absolute Gasteiger partial charge is 0.261 e. The fourth-order valence-corrected chi connectivity index (χ4v) is 2.85. The van der Waals surface area contributed by atoms with Crippen LogP contribution in [0.15, 0.2) is 48.5 Å². The van der Waals surface area contributed by atoms with Crippen LogP contribution in [0.25, 0.3) is 0 Å². The summed E-state index contributed by atoms with van der Waals surface area (Å²) in [4.78, 5) is 14.6. The Morgan fingerprint density at radius 2 is 1.77 bits per heavy atom. The van der Waals surface area contributed by atoms with Crippen LogP contribution in [0.2, 0.25) is 0 Å². The minimum absolute atomic E-state index is 0.122. The van der Waals surface area contributed by atoms with Crippen molar-refractivity contribution in [2.75, 3.05) is 31.2 Å². The Kier molecular flexibility index (Phi) is 6.12. The van der Waals surface area contributed by atoms with Gasteiger partial charge in [0.05, 0.1) is 13.2 Å². The molecule has 5 nitrogen and oxygen atoms in total. The molecule has 0 unspecified atom stereocenters. The molecule has 1 heterocycles. The minimum Gasteiger partial charge on any atom is -0.481 e. The summed E-state index contributed by atoms with van der Waals surface area (Å²) in [6.07, 6.45) is -0.537. The van der Waals surface area contributed by atoms with E-state index in [1.807, 2.05) is 31.2 Å². The van der Waals surface area contributed by atoms with Gasteiger partial charge in [-0.1, -0.05) is 29.8 Å². The van der Waals surface area contributed by atoms with Gasteiger partial charge in [-0.2, -0.15) is 0 Å². The standard InChI is InChI=1S/C21H26N2O3/c1-16-3-9-20(10-4-16)26-17(2)21(24)22-15-18-5-7-19(8-6-18)23-11-13-25-14-12-23/h3-10,17H,11-15H2,1-2H3,(H,22,24)/t17-/m0/s1. The topological polar surface area (TPSA) is 50.8 Å². The molecule has 0 bridgehead atoms. The second-order valence-corrected chi connectivity index (χ2v) is 6.56. The third-order valence-corrected chi connectivity index (χ3v) is 4.48. The molecular formula is C21H26N2O3. The Morgan fingerprint density at radius 3 is 2.42 bits per heavy atom. The summed E-state index contributed by atoms with van der Waals surface area (Å²) in [5.41, 5.74) is 3.42. The number of hydrogen-bond acceptors (Lipinski definition) is 4. The lowest BCUT2D eigenvalue weighted by atomic mass is 10.2. The molecule has 1 saturated heterocycles. The SMILES string of the molecule is Cc1ccc(O[C@@H](C)C(=O)NCc2ccc(N3CCOCC3)cc2)cc1. The quantitative estimate of drug-likeness (QED) is 0.867. The van der Waals surface area contributed by atoms with Crippen LogP contribution in [0.5, 0.6) is 5.75 Å². The Morgan fingerprint density at radius 1 is 1.12 bits per heavy atom. The van der Waals surface area contributed by atoms with E-state index in [1.165, 1.54) is 5.69 Å². The average molecular weight is 354 g/mol. The van der Waals surface area contributed by atoms with E-state index in [-0.39, 0.29) is 5.91 Å². The van der Waals surface area contributed by atoms with Gasteiger partial charge in [0.2, 0.25) is 0 Å². The largest absolute Gasteiger partial charge is 0.481 e. The molecule has 2 aromatic rings. The number of carbonyl (C=O) groups excluding carboxylic acids is 1. The molecule has 0 aliphatic carbocycles. The van der Waals surface area contributed by atoms with Crippen molar-refractivity contribution in [3.05, 3.63) is 59.7 Å². The van der Waals surface area contributed by atoms with Crippen LogP contribution in [-0.2, 0) is 16.1 Å². The summed E-state index contributed by atoms with van der Waals surface area (Å²) in [6, 6.07) is 16.0. The number of carbonyl (C=O) groups is 1. The van der Waals surface area contributed by atoms with Gasteiger partial charge in [-0.25, -0.2) is 0 Å². The number of nitrogens with zero attached hydrogens (tertiary/aromatic N) is 1. The van der Waals surface area contributed by atoms with E-state index in [4.69, 9.17) is 9.47 Å². The van der Waals surface area contributed by atoms with Crippen molar-refractivity contribution in [1.82, 2.24) is 5.32 Å². The molecule has 1 aliphatic heterocycles. The third-order valence-electron chi connectivity index (χ3n) is 4.48. The zero-order valence-electron chi connectivity index (χ0n) is 15.4. The molecule has 3 rings (SSSR count). The van der Waals surface area contributed by atoms with Gasteiger partial charge in [-0.3, -0.25) is 4.79 Å². The number of nitrogens with one attached hydrogen (secondary N) is 1. The normalized spacial score (nSPS) is 15.4. The van der Waals surface area contributed by atoms with Gasteiger partial charge >= 0.3 is 0 Å². The number of ether oxygens (including phenoxy) is 2. The van der Waals surface area contributed by atoms with Crippen molar-refractivity contribution in [1.29, 1.82) is 0 Å². The summed E-state index contributed by atoms with van der Waals surface area (Å²) < 4.78 is 11.1. The molecule has 0 saturated carbocycles. The van der Waals surface area contributed by atoms with Crippen LogP contribution in [0, 0.1) is 6.92 Å². The first-order valence-electron chi connectivity index (χ1n) is 9.04. The van der Waals surface area contributed by atoms with Crippen LogP contribution in [0.1, 0.15) is 18.1 Å². The molecule has 0 aromatic heterocycles. The van der Waals surface area contributed by atoms with Crippen LogP contribution in [0.4, 0.5) is 5.69 Å². The van der Waals surface area contributed by atoms with Crippen molar-refractivity contribution in [2.45, 2.75) is 26.5 Å². The Hall–Kier alpha value is -2.53. The van der Waals surface area contributed by atoms with Crippen molar-refractivity contribution in [3.8, 4) is 5.75 Å². The van der Waals surface area contributed by atoms with E-state index in [2.05, 4.69) is 34.5 Å². The van der Waals surface area contributed by atoms with Crippen LogP contribution in [-0.4, -0.2) is 38.3 Å². The highest BCUT2D eigenvalue weighted by Gasteiger charge is 2.15. The molecule has 138 valence electrons. The molecule has 1 atom stereocenters. The van der Waals surface area contributed by atoms with E-state index in [0.29, 0.717) is 12.3 Å². The highest BCUT2D eigenvalue weighted by Crippen LogP contribution is 2.17. The first kappa shape index (κ1) is 18.3. The monoisotopic (exact) mass is 354 g/mol. The van der Waals surface area contributed by atoms with E-state index >= 15 is 0 Å². The third kappa shape index (κ3) is 4.99. The molecule has 0 radical (unpaired) electrons. The maximum atomic E-state index is 12.2. The van der Waals surface area contributed by atoms with Crippen molar-refractivity contribution in [3.63, 3.8) is 0 Å². The Balaban J connectivity index is 1.48. The van der Waals surface area contributed by atoms with Crippen LogP contribution >= 0.6 is 0 Å².